The Morgan fingerprint density at radius 3 is 2.32 bits per heavy atom. The largest absolute Gasteiger partial charge is 0.460 e. The molecule has 5 nitrogen and oxygen atoms in total. The molecule has 1 atom stereocenters. The van der Waals surface area contributed by atoms with Crippen LogP contribution in [0.1, 0.15) is 40.0 Å². The van der Waals surface area contributed by atoms with Crippen LogP contribution in [0.3, 0.4) is 0 Å². The van der Waals surface area contributed by atoms with Crippen molar-refractivity contribution in [3.05, 3.63) is 0 Å². The van der Waals surface area contributed by atoms with Gasteiger partial charge in [-0.3, -0.25) is 4.79 Å². The van der Waals surface area contributed by atoms with Gasteiger partial charge in [-0.05, 0) is 33.6 Å². The lowest BCUT2D eigenvalue weighted by Crippen LogP contribution is -2.55. The second-order valence-corrected chi connectivity index (χ2v) is 6.59. The second-order valence-electron chi connectivity index (χ2n) is 6.59. The molecule has 1 fully saturated rings. The quantitative estimate of drug-likeness (QED) is 0.754. The van der Waals surface area contributed by atoms with Crippen molar-refractivity contribution in [1.82, 2.24) is 5.32 Å². The Kier molecular flexibility index (Phi) is 6.23. The zero-order valence-corrected chi connectivity index (χ0v) is 13.1. The molecule has 0 bridgehead atoms. The fourth-order valence-corrected chi connectivity index (χ4v) is 2.26. The highest BCUT2D eigenvalue weighted by atomic mass is 19.4. The van der Waals surface area contributed by atoms with E-state index in [4.69, 9.17) is 14.6 Å². The Hall–Kier alpha value is -0.860. The van der Waals surface area contributed by atoms with E-state index in [-0.39, 0.29) is 6.42 Å². The van der Waals surface area contributed by atoms with Crippen molar-refractivity contribution in [1.29, 1.82) is 0 Å². The summed E-state index contributed by atoms with van der Waals surface area (Å²) in [6.45, 7) is 5.20. The average molecular weight is 327 g/mol. The van der Waals surface area contributed by atoms with E-state index in [1.165, 1.54) is 0 Å². The Balaban J connectivity index is 2.68. The van der Waals surface area contributed by atoms with E-state index in [2.05, 4.69) is 5.32 Å². The molecule has 130 valence electrons. The van der Waals surface area contributed by atoms with Gasteiger partial charge in [-0.2, -0.15) is 13.2 Å². The molecule has 22 heavy (non-hydrogen) atoms. The molecule has 1 aliphatic heterocycles. The SMILES string of the molecule is CC(C)(C)OC(=O)CC1(NC[C@@H](O)C(F)(F)F)CCOCC1. The van der Waals surface area contributed by atoms with Gasteiger partial charge in [-0.1, -0.05) is 0 Å². The molecular formula is C14H24F3NO4. The normalized spacial score (nSPS) is 20.5. The highest BCUT2D eigenvalue weighted by molar-refractivity contribution is 5.71. The maximum atomic E-state index is 12.4. The van der Waals surface area contributed by atoms with Crippen molar-refractivity contribution in [2.45, 2.75) is 63.5 Å². The number of hydrogen-bond donors (Lipinski definition) is 2. The zero-order chi connectivity index (χ0) is 17.0. The summed E-state index contributed by atoms with van der Waals surface area (Å²) in [5.74, 6) is -0.483. The molecule has 0 aromatic carbocycles. The predicted octanol–water partition coefficient (Wildman–Crippen LogP) is 1.78. The summed E-state index contributed by atoms with van der Waals surface area (Å²) in [7, 11) is 0. The van der Waals surface area contributed by atoms with Gasteiger partial charge in [0.2, 0.25) is 0 Å². The van der Waals surface area contributed by atoms with E-state index in [9.17, 15) is 18.0 Å². The van der Waals surface area contributed by atoms with Gasteiger partial charge in [0.15, 0.2) is 6.10 Å². The number of alkyl halides is 3. The van der Waals surface area contributed by atoms with E-state index < -0.39 is 35.9 Å². The summed E-state index contributed by atoms with van der Waals surface area (Å²) in [4.78, 5) is 12.0. The van der Waals surface area contributed by atoms with Crippen LogP contribution in [0.2, 0.25) is 0 Å². The van der Waals surface area contributed by atoms with Crippen LogP contribution in [-0.2, 0) is 14.3 Å². The van der Waals surface area contributed by atoms with Crippen molar-refractivity contribution in [2.75, 3.05) is 19.8 Å². The van der Waals surface area contributed by atoms with Crippen LogP contribution >= 0.6 is 0 Å². The minimum Gasteiger partial charge on any atom is -0.460 e. The maximum Gasteiger partial charge on any atom is 0.415 e. The van der Waals surface area contributed by atoms with Crippen LogP contribution in [0, 0.1) is 0 Å². The lowest BCUT2D eigenvalue weighted by Gasteiger charge is -2.38. The molecule has 2 N–H and O–H groups in total. The molecule has 0 unspecified atom stereocenters. The maximum absolute atomic E-state index is 12.4. The second kappa shape index (κ2) is 7.14. The van der Waals surface area contributed by atoms with Crippen LogP contribution in [0.15, 0.2) is 0 Å². The summed E-state index contributed by atoms with van der Waals surface area (Å²) in [5.41, 5.74) is -1.50. The third-order valence-corrected chi connectivity index (χ3v) is 3.40. The van der Waals surface area contributed by atoms with E-state index in [0.717, 1.165) is 0 Å². The minimum absolute atomic E-state index is 0.0573. The number of aliphatic hydroxyl groups is 1. The zero-order valence-electron chi connectivity index (χ0n) is 13.1. The van der Waals surface area contributed by atoms with Crippen molar-refractivity contribution in [3.63, 3.8) is 0 Å². The van der Waals surface area contributed by atoms with Gasteiger partial charge >= 0.3 is 12.1 Å². The number of nitrogens with one attached hydrogen (secondary N) is 1. The molecule has 1 rings (SSSR count). The van der Waals surface area contributed by atoms with Crippen LogP contribution in [0.4, 0.5) is 13.2 Å². The molecule has 0 spiro atoms. The predicted molar refractivity (Wildman–Crippen MR) is 73.3 cm³/mol. The fraction of sp³-hybridized carbons (Fsp3) is 0.929. The van der Waals surface area contributed by atoms with Gasteiger partial charge in [-0.15, -0.1) is 0 Å². The molecular weight excluding hydrogens is 303 g/mol. The van der Waals surface area contributed by atoms with Crippen LogP contribution in [-0.4, -0.2) is 54.3 Å². The molecule has 8 heteroatoms. The first-order valence-corrected chi connectivity index (χ1v) is 7.23. The summed E-state index contributed by atoms with van der Waals surface area (Å²) in [5, 5.41) is 11.8. The van der Waals surface area contributed by atoms with E-state index >= 15 is 0 Å². The molecule has 1 saturated heterocycles. The molecule has 0 aromatic rings. The Bertz CT molecular complexity index is 373. The molecule has 1 aliphatic rings. The summed E-state index contributed by atoms with van der Waals surface area (Å²) >= 11 is 0. The fourth-order valence-electron chi connectivity index (χ4n) is 2.26. The highest BCUT2D eigenvalue weighted by Gasteiger charge is 2.42. The van der Waals surface area contributed by atoms with Gasteiger partial charge in [0.1, 0.15) is 5.60 Å². The van der Waals surface area contributed by atoms with Gasteiger partial charge in [0.25, 0.3) is 0 Å². The number of halogens is 3. The summed E-state index contributed by atoms with van der Waals surface area (Å²) < 4.78 is 47.7. The lowest BCUT2D eigenvalue weighted by molar-refractivity contribution is -0.203. The van der Waals surface area contributed by atoms with Crippen LogP contribution in [0.25, 0.3) is 0 Å². The lowest BCUT2D eigenvalue weighted by atomic mass is 9.86. The highest BCUT2D eigenvalue weighted by Crippen LogP contribution is 2.27. The first-order valence-electron chi connectivity index (χ1n) is 7.23. The Labute approximate surface area is 128 Å². The number of ether oxygens (including phenoxy) is 2. The number of hydrogen-bond acceptors (Lipinski definition) is 5. The third kappa shape index (κ3) is 6.50. The van der Waals surface area contributed by atoms with Crippen molar-refractivity contribution >= 4 is 5.97 Å². The molecule has 0 radical (unpaired) electrons. The molecule has 0 saturated carbocycles. The number of esters is 1. The summed E-state index contributed by atoms with van der Waals surface area (Å²) in [6.07, 6.45) is -6.44. The van der Waals surface area contributed by atoms with Crippen molar-refractivity contribution in [3.8, 4) is 0 Å². The molecule has 0 aliphatic carbocycles. The van der Waals surface area contributed by atoms with Gasteiger partial charge in [0.05, 0.1) is 6.42 Å². The van der Waals surface area contributed by atoms with Crippen LogP contribution in [0.5, 0.6) is 0 Å². The topological polar surface area (TPSA) is 67.8 Å². The van der Waals surface area contributed by atoms with E-state index in [1.54, 1.807) is 20.8 Å². The first kappa shape index (κ1) is 19.2. The van der Waals surface area contributed by atoms with E-state index in [1.807, 2.05) is 0 Å². The van der Waals surface area contributed by atoms with E-state index in [0.29, 0.717) is 26.1 Å². The molecule has 0 amide bonds. The smallest absolute Gasteiger partial charge is 0.415 e. The number of carbonyl (C=O) groups is 1. The number of aliphatic hydroxyl groups excluding tert-OH is 1. The first-order chi connectivity index (χ1) is 9.94. The van der Waals surface area contributed by atoms with Crippen molar-refractivity contribution < 1.29 is 32.5 Å². The van der Waals surface area contributed by atoms with Crippen molar-refractivity contribution in [2.24, 2.45) is 0 Å². The average Bonchev–Trinajstić information content (AvgIpc) is 2.33. The van der Waals surface area contributed by atoms with Gasteiger partial charge < -0.3 is 19.9 Å². The number of rotatable bonds is 5. The summed E-state index contributed by atoms with van der Waals surface area (Å²) in [6, 6.07) is 0. The van der Waals surface area contributed by atoms with Crippen LogP contribution < -0.4 is 5.32 Å². The Morgan fingerprint density at radius 2 is 1.86 bits per heavy atom. The minimum atomic E-state index is -4.69. The van der Waals surface area contributed by atoms with Gasteiger partial charge in [0, 0.05) is 25.3 Å². The number of β-amino-alcohol motifs (C(OH)–C–C–N with tert-alkyl or cyclic N) is 1. The third-order valence-electron chi connectivity index (χ3n) is 3.40. The molecule has 1 heterocycles. The molecule has 0 aromatic heterocycles. The standard InChI is InChI=1S/C14H24F3NO4/c1-12(2,3)22-11(20)8-13(4-6-21-7-5-13)18-9-10(19)14(15,16)17/h10,18-19H,4-9H2,1-3H3/t10-/m1/s1. The van der Waals surface area contributed by atoms with Gasteiger partial charge in [-0.25, -0.2) is 0 Å². The monoisotopic (exact) mass is 327 g/mol. The number of carbonyl (C=O) groups excluding carboxylic acids is 1. The Morgan fingerprint density at radius 1 is 1.32 bits per heavy atom.